The Balaban J connectivity index is 2.99. The molecule has 0 radical (unpaired) electrons. The maximum atomic E-state index is 11.2. The van der Waals surface area contributed by atoms with Crippen LogP contribution in [0.1, 0.15) is 17.3 Å². The van der Waals surface area contributed by atoms with E-state index in [0.717, 1.165) is 10.6 Å². The Morgan fingerprint density at radius 3 is 2.86 bits per heavy atom. The summed E-state index contributed by atoms with van der Waals surface area (Å²) in [6, 6.07) is 5.15. The Morgan fingerprint density at radius 1 is 1.57 bits per heavy atom. The van der Waals surface area contributed by atoms with Gasteiger partial charge in [0.25, 0.3) is 0 Å². The first-order valence-electron chi connectivity index (χ1n) is 4.29. The van der Waals surface area contributed by atoms with E-state index < -0.39 is 0 Å². The van der Waals surface area contributed by atoms with Crippen molar-refractivity contribution in [1.82, 2.24) is 0 Å². The van der Waals surface area contributed by atoms with Crippen molar-refractivity contribution in [3.05, 3.63) is 23.8 Å². The normalized spacial score (nSPS) is 9.86. The summed E-state index contributed by atoms with van der Waals surface area (Å²) in [5.41, 5.74) is 6.98. The molecule has 0 aliphatic carbocycles. The molecule has 76 valence electrons. The molecule has 0 unspecified atom stereocenters. The number of ether oxygens (including phenoxy) is 1. The molecule has 0 heterocycles. The van der Waals surface area contributed by atoms with Gasteiger partial charge in [0.05, 0.1) is 12.7 Å². The fraction of sp³-hybridized carbons (Fsp3) is 0.300. The third-order valence-electron chi connectivity index (χ3n) is 1.73. The van der Waals surface area contributed by atoms with E-state index in [0.29, 0.717) is 11.3 Å². The molecule has 3 nitrogen and oxygen atoms in total. The number of thioether (sulfide) groups is 1. The second kappa shape index (κ2) is 4.91. The molecule has 0 amide bonds. The molecule has 0 aromatic heterocycles. The lowest BCUT2D eigenvalue weighted by Gasteiger charge is -2.05. The summed E-state index contributed by atoms with van der Waals surface area (Å²) < 4.78 is 4.62. The number of nitrogens with two attached hydrogens (primary N) is 1. The van der Waals surface area contributed by atoms with Crippen LogP contribution in [0, 0.1) is 0 Å². The molecule has 0 fully saturated rings. The Hall–Kier alpha value is -1.16. The number of anilines is 1. The lowest BCUT2D eigenvalue weighted by Crippen LogP contribution is -2.02. The topological polar surface area (TPSA) is 52.3 Å². The maximum absolute atomic E-state index is 11.2. The van der Waals surface area contributed by atoms with Crippen LogP contribution in [0.15, 0.2) is 23.1 Å². The molecule has 2 N–H and O–H groups in total. The van der Waals surface area contributed by atoms with Crippen molar-refractivity contribution in [2.75, 3.05) is 18.6 Å². The molecule has 1 aromatic carbocycles. The van der Waals surface area contributed by atoms with Crippen LogP contribution in [-0.2, 0) is 4.74 Å². The van der Waals surface area contributed by atoms with E-state index >= 15 is 0 Å². The SMILES string of the molecule is CCSc1cc(C(=O)OC)ccc1N. The molecule has 0 bridgehead atoms. The smallest absolute Gasteiger partial charge is 0.337 e. The van der Waals surface area contributed by atoms with Gasteiger partial charge in [-0.15, -0.1) is 11.8 Å². The van der Waals surface area contributed by atoms with Crippen molar-refractivity contribution < 1.29 is 9.53 Å². The first kappa shape index (κ1) is 10.9. The molecule has 1 rings (SSSR count). The number of esters is 1. The van der Waals surface area contributed by atoms with Crippen LogP contribution in [0.4, 0.5) is 5.69 Å². The average Bonchev–Trinajstić information content (AvgIpc) is 2.20. The first-order chi connectivity index (χ1) is 6.69. The number of methoxy groups -OCH3 is 1. The highest BCUT2D eigenvalue weighted by atomic mass is 32.2. The van der Waals surface area contributed by atoms with E-state index in [1.807, 2.05) is 6.92 Å². The number of nitrogen functional groups attached to an aromatic ring is 1. The van der Waals surface area contributed by atoms with Gasteiger partial charge in [0, 0.05) is 10.6 Å². The third kappa shape index (κ3) is 2.42. The van der Waals surface area contributed by atoms with Crippen molar-refractivity contribution in [2.45, 2.75) is 11.8 Å². The predicted octanol–water partition coefficient (Wildman–Crippen LogP) is 2.17. The summed E-state index contributed by atoms with van der Waals surface area (Å²) in [5.74, 6) is 0.595. The van der Waals surface area contributed by atoms with E-state index in [-0.39, 0.29) is 5.97 Å². The summed E-state index contributed by atoms with van der Waals surface area (Å²) in [7, 11) is 1.37. The lowest BCUT2D eigenvalue weighted by atomic mass is 10.2. The zero-order chi connectivity index (χ0) is 10.6. The molecule has 0 atom stereocenters. The zero-order valence-electron chi connectivity index (χ0n) is 8.24. The van der Waals surface area contributed by atoms with E-state index in [1.54, 1.807) is 30.0 Å². The summed E-state index contributed by atoms with van der Waals surface area (Å²) >= 11 is 1.61. The molecule has 0 aliphatic rings. The molecule has 4 heteroatoms. The van der Waals surface area contributed by atoms with Gasteiger partial charge in [0.2, 0.25) is 0 Å². The molecular formula is C10H13NO2S. The van der Waals surface area contributed by atoms with Gasteiger partial charge in [-0.2, -0.15) is 0 Å². The number of carbonyl (C=O) groups is 1. The van der Waals surface area contributed by atoms with Gasteiger partial charge < -0.3 is 10.5 Å². The van der Waals surface area contributed by atoms with E-state index in [4.69, 9.17) is 5.73 Å². The fourth-order valence-corrected chi connectivity index (χ4v) is 1.82. The third-order valence-corrected chi connectivity index (χ3v) is 2.69. The van der Waals surface area contributed by atoms with Gasteiger partial charge >= 0.3 is 5.97 Å². The van der Waals surface area contributed by atoms with Crippen molar-refractivity contribution >= 4 is 23.4 Å². The van der Waals surface area contributed by atoms with Crippen LogP contribution in [0.3, 0.4) is 0 Å². The van der Waals surface area contributed by atoms with Crippen LogP contribution < -0.4 is 5.73 Å². The van der Waals surface area contributed by atoms with Gasteiger partial charge in [-0.1, -0.05) is 6.92 Å². The van der Waals surface area contributed by atoms with Crippen molar-refractivity contribution in [3.8, 4) is 0 Å². The summed E-state index contributed by atoms with van der Waals surface area (Å²) in [5, 5.41) is 0. The summed E-state index contributed by atoms with van der Waals surface area (Å²) in [4.78, 5) is 12.1. The second-order valence-electron chi connectivity index (χ2n) is 2.68. The van der Waals surface area contributed by atoms with E-state index in [1.165, 1.54) is 7.11 Å². The average molecular weight is 211 g/mol. The van der Waals surface area contributed by atoms with Gasteiger partial charge in [-0.05, 0) is 24.0 Å². The number of carbonyl (C=O) groups excluding carboxylic acids is 1. The zero-order valence-corrected chi connectivity index (χ0v) is 9.06. The minimum atomic E-state index is -0.331. The van der Waals surface area contributed by atoms with Gasteiger partial charge in [0.15, 0.2) is 0 Å². The molecule has 0 saturated heterocycles. The highest BCUT2D eigenvalue weighted by molar-refractivity contribution is 7.99. The summed E-state index contributed by atoms with van der Waals surface area (Å²) in [6.07, 6.45) is 0. The molecule has 0 saturated carbocycles. The van der Waals surface area contributed by atoms with Gasteiger partial charge in [-0.25, -0.2) is 4.79 Å². The molecule has 14 heavy (non-hydrogen) atoms. The van der Waals surface area contributed by atoms with Gasteiger partial charge in [0.1, 0.15) is 0 Å². The number of rotatable bonds is 3. The van der Waals surface area contributed by atoms with Crippen LogP contribution in [-0.4, -0.2) is 18.8 Å². The predicted molar refractivity (Wildman–Crippen MR) is 58.6 cm³/mol. The lowest BCUT2D eigenvalue weighted by molar-refractivity contribution is 0.0600. The molecular weight excluding hydrogens is 198 g/mol. The number of hydrogen-bond acceptors (Lipinski definition) is 4. The van der Waals surface area contributed by atoms with Crippen LogP contribution >= 0.6 is 11.8 Å². The van der Waals surface area contributed by atoms with Crippen LogP contribution in [0.25, 0.3) is 0 Å². The highest BCUT2D eigenvalue weighted by Crippen LogP contribution is 2.25. The quantitative estimate of drug-likeness (QED) is 0.473. The Morgan fingerprint density at radius 2 is 2.29 bits per heavy atom. The van der Waals surface area contributed by atoms with Crippen molar-refractivity contribution in [1.29, 1.82) is 0 Å². The Kier molecular flexibility index (Phi) is 3.83. The Bertz CT molecular complexity index is 339. The largest absolute Gasteiger partial charge is 0.465 e. The minimum Gasteiger partial charge on any atom is -0.465 e. The molecule has 0 aliphatic heterocycles. The standard InChI is InChI=1S/C10H13NO2S/c1-3-14-9-6-7(10(12)13-2)4-5-8(9)11/h4-6H,3,11H2,1-2H3. The van der Waals surface area contributed by atoms with Crippen LogP contribution in [0.5, 0.6) is 0 Å². The monoisotopic (exact) mass is 211 g/mol. The van der Waals surface area contributed by atoms with Crippen molar-refractivity contribution in [3.63, 3.8) is 0 Å². The van der Waals surface area contributed by atoms with Gasteiger partial charge in [-0.3, -0.25) is 0 Å². The summed E-state index contributed by atoms with van der Waals surface area (Å²) in [6.45, 7) is 2.04. The molecule has 1 aromatic rings. The Labute approximate surface area is 87.6 Å². The number of hydrogen-bond donors (Lipinski definition) is 1. The van der Waals surface area contributed by atoms with Crippen LogP contribution in [0.2, 0.25) is 0 Å². The number of benzene rings is 1. The first-order valence-corrected chi connectivity index (χ1v) is 5.28. The molecule has 0 spiro atoms. The highest BCUT2D eigenvalue weighted by Gasteiger charge is 2.07. The van der Waals surface area contributed by atoms with Crippen molar-refractivity contribution in [2.24, 2.45) is 0 Å². The minimum absolute atomic E-state index is 0.331. The van der Waals surface area contributed by atoms with E-state index in [9.17, 15) is 4.79 Å². The second-order valence-corrected chi connectivity index (χ2v) is 3.98. The van der Waals surface area contributed by atoms with E-state index in [2.05, 4.69) is 4.74 Å². The maximum Gasteiger partial charge on any atom is 0.337 e. The fourth-order valence-electron chi connectivity index (χ4n) is 1.06.